The van der Waals surface area contributed by atoms with Gasteiger partial charge in [0.25, 0.3) is 5.92 Å². The predicted octanol–water partition coefficient (Wildman–Crippen LogP) is 4.16. The second-order valence-electron chi connectivity index (χ2n) is 9.17. The van der Waals surface area contributed by atoms with Gasteiger partial charge in [-0.05, 0) is 50.9 Å². The second-order valence-corrected chi connectivity index (χ2v) is 9.17. The minimum Gasteiger partial charge on any atom is -0.492 e. The van der Waals surface area contributed by atoms with Crippen molar-refractivity contribution >= 4 is 10.9 Å². The van der Waals surface area contributed by atoms with Crippen molar-refractivity contribution in [1.29, 1.82) is 0 Å². The molecule has 4 rings (SSSR count). The number of halogens is 3. The molecule has 0 amide bonds. The molecule has 1 aliphatic heterocycles. The molecule has 9 heteroatoms. The zero-order valence-corrected chi connectivity index (χ0v) is 20.2. The molecule has 0 radical (unpaired) electrons. The summed E-state index contributed by atoms with van der Waals surface area (Å²) in [6, 6.07) is 8.97. The normalized spacial score (nSPS) is 18.7. The van der Waals surface area contributed by atoms with Gasteiger partial charge in [-0.25, -0.2) is 8.78 Å². The molecule has 3 heterocycles. The van der Waals surface area contributed by atoms with E-state index in [1.807, 2.05) is 38.1 Å². The van der Waals surface area contributed by atoms with E-state index >= 15 is 0 Å². The van der Waals surface area contributed by atoms with Gasteiger partial charge in [0.2, 0.25) is 0 Å². The first-order valence-electron chi connectivity index (χ1n) is 12.0. The third-order valence-corrected chi connectivity index (χ3v) is 6.64. The first-order chi connectivity index (χ1) is 16.9. The van der Waals surface area contributed by atoms with Gasteiger partial charge in [0.05, 0.1) is 25.0 Å². The summed E-state index contributed by atoms with van der Waals surface area (Å²) in [7, 11) is 0. The summed E-state index contributed by atoms with van der Waals surface area (Å²) < 4.78 is 47.2. The van der Waals surface area contributed by atoms with Crippen LogP contribution in [0.5, 0.6) is 5.75 Å². The van der Waals surface area contributed by atoms with Crippen LogP contribution in [-0.4, -0.2) is 71.5 Å². The van der Waals surface area contributed by atoms with Crippen molar-refractivity contribution in [1.82, 2.24) is 20.2 Å². The molecule has 0 bridgehead atoms. The lowest BCUT2D eigenvalue weighted by Gasteiger charge is -2.42. The lowest BCUT2D eigenvalue weighted by Crippen LogP contribution is -2.49. The number of aliphatic hydroxyl groups is 1. The van der Waals surface area contributed by atoms with Gasteiger partial charge in [0, 0.05) is 40.9 Å². The van der Waals surface area contributed by atoms with E-state index in [2.05, 4.69) is 15.3 Å². The van der Waals surface area contributed by atoms with Gasteiger partial charge in [-0.3, -0.25) is 14.3 Å². The highest BCUT2D eigenvalue weighted by molar-refractivity contribution is 5.85. The van der Waals surface area contributed by atoms with Gasteiger partial charge in [0.1, 0.15) is 19.0 Å². The number of hydrogen-bond donors (Lipinski definition) is 3. The number of ether oxygens (including phenoxy) is 1. The van der Waals surface area contributed by atoms with Crippen LogP contribution in [-0.2, 0) is 6.42 Å². The highest BCUT2D eigenvalue weighted by atomic mass is 19.3. The number of nitrogens with one attached hydrogen (secondary N) is 2. The van der Waals surface area contributed by atoms with E-state index in [9.17, 15) is 18.3 Å². The van der Waals surface area contributed by atoms with Crippen LogP contribution in [0.3, 0.4) is 0 Å². The fraction of sp³-hybridized carbons (Fsp3) is 0.500. The molecule has 2 atom stereocenters. The van der Waals surface area contributed by atoms with Gasteiger partial charge in [-0.15, -0.1) is 0 Å². The van der Waals surface area contributed by atoms with E-state index < -0.39 is 25.1 Å². The first-order valence-corrected chi connectivity index (χ1v) is 12.0. The number of para-hydroxylation sites is 1. The molecule has 1 aromatic carbocycles. The van der Waals surface area contributed by atoms with Crippen molar-refractivity contribution in [2.75, 3.05) is 39.5 Å². The van der Waals surface area contributed by atoms with Gasteiger partial charge >= 0.3 is 0 Å². The fourth-order valence-electron chi connectivity index (χ4n) is 4.88. The third kappa shape index (κ3) is 5.47. The topological polar surface area (TPSA) is 73.4 Å². The number of benzene rings is 1. The van der Waals surface area contributed by atoms with Crippen molar-refractivity contribution in [3.05, 3.63) is 59.0 Å². The lowest BCUT2D eigenvalue weighted by molar-refractivity contribution is -0.0868. The summed E-state index contributed by atoms with van der Waals surface area (Å²) in [6.07, 6.45) is 2.70. The quantitative estimate of drug-likeness (QED) is 0.352. The highest BCUT2D eigenvalue weighted by Crippen LogP contribution is 2.43. The maximum absolute atomic E-state index is 14.5. The Morgan fingerprint density at radius 1 is 1.26 bits per heavy atom. The molecule has 0 saturated heterocycles. The Labute approximate surface area is 203 Å². The maximum atomic E-state index is 14.5. The summed E-state index contributed by atoms with van der Waals surface area (Å²) in [5.74, 6) is -2.62. The smallest absolute Gasteiger partial charge is 0.283 e. The summed E-state index contributed by atoms with van der Waals surface area (Å²) in [6.45, 7) is 3.20. The van der Waals surface area contributed by atoms with Gasteiger partial charge in [-0.1, -0.05) is 18.2 Å². The number of hydrogen-bond acceptors (Lipinski definition) is 5. The standard InChI is InChI=1S/C26H33F3N4O2/c1-17-14-20-19-6-3-4-7-21(19)32-24(20)25(33(17)15-26(28,29)16-34)23-18(2)22(8-11-31-23)35-13-12-30-10-5-9-27/h3-4,6-8,11,17,25,30,32,34H,5,9-10,12-16H2,1-2H3/t17-,25?/m1/s1. The van der Waals surface area contributed by atoms with E-state index in [-0.39, 0.29) is 12.7 Å². The summed E-state index contributed by atoms with van der Waals surface area (Å²) in [5, 5.41) is 13.5. The average molecular weight is 491 g/mol. The van der Waals surface area contributed by atoms with Crippen molar-refractivity contribution in [3.63, 3.8) is 0 Å². The number of alkyl halides is 3. The Balaban J connectivity index is 1.70. The van der Waals surface area contributed by atoms with Crippen LogP contribution in [0.15, 0.2) is 36.5 Å². The molecule has 1 aliphatic rings. The van der Waals surface area contributed by atoms with Crippen molar-refractivity contribution in [2.24, 2.45) is 0 Å². The van der Waals surface area contributed by atoms with Crippen LogP contribution in [0.2, 0.25) is 0 Å². The van der Waals surface area contributed by atoms with Gasteiger partial charge < -0.3 is 20.1 Å². The molecular formula is C26H33F3N4O2. The Morgan fingerprint density at radius 3 is 2.83 bits per heavy atom. The zero-order valence-electron chi connectivity index (χ0n) is 20.2. The number of nitrogens with zero attached hydrogens (tertiary/aromatic N) is 2. The molecule has 1 unspecified atom stereocenters. The molecule has 2 aromatic heterocycles. The van der Waals surface area contributed by atoms with Crippen LogP contribution < -0.4 is 10.1 Å². The van der Waals surface area contributed by atoms with Crippen LogP contribution >= 0.6 is 0 Å². The monoisotopic (exact) mass is 490 g/mol. The van der Waals surface area contributed by atoms with E-state index in [1.165, 1.54) is 0 Å². The summed E-state index contributed by atoms with van der Waals surface area (Å²) >= 11 is 0. The summed E-state index contributed by atoms with van der Waals surface area (Å²) in [4.78, 5) is 9.83. The number of H-pyrrole nitrogens is 1. The molecule has 0 fully saturated rings. The van der Waals surface area contributed by atoms with Crippen LogP contribution in [0.4, 0.5) is 13.2 Å². The first kappa shape index (κ1) is 25.5. The predicted molar refractivity (Wildman–Crippen MR) is 130 cm³/mol. The minimum atomic E-state index is -3.25. The van der Waals surface area contributed by atoms with Crippen molar-refractivity contribution in [2.45, 2.75) is 44.7 Å². The van der Waals surface area contributed by atoms with Gasteiger partial charge in [0.15, 0.2) is 0 Å². The van der Waals surface area contributed by atoms with Gasteiger partial charge in [-0.2, -0.15) is 0 Å². The van der Waals surface area contributed by atoms with Crippen molar-refractivity contribution < 1.29 is 23.0 Å². The number of aromatic amines is 1. The molecule has 0 aliphatic carbocycles. The Bertz CT molecular complexity index is 1140. The Hall–Kier alpha value is -2.62. The van der Waals surface area contributed by atoms with E-state index in [1.54, 1.807) is 17.2 Å². The Morgan fingerprint density at radius 2 is 2.06 bits per heavy atom. The fourth-order valence-corrected chi connectivity index (χ4v) is 4.88. The highest BCUT2D eigenvalue weighted by Gasteiger charge is 2.42. The number of aliphatic hydroxyl groups excluding tert-OH is 1. The second kappa shape index (κ2) is 11.0. The third-order valence-electron chi connectivity index (χ3n) is 6.64. The summed E-state index contributed by atoms with van der Waals surface area (Å²) in [5.41, 5.74) is 4.32. The number of fused-ring (bicyclic) bond motifs is 3. The van der Waals surface area contributed by atoms with E-state index in [0.717, 1.165) is 27.7 Å². The molecule has 0 saturated carbocycles. The van der Waals surface area contributed by atoms with E-state index in [4.69, 9.17) is 4.74 Å². The molecule has 0 spiro atoms. The van der Waals surface area contributed by atoms with Crippen LogP contribution in [0, 0.1) is 6.92 Å². The number of rotatable bonds is 11. The minimum absolute atomic E-state index is 0.199. The SMILES string of the molecule is Cc1c(OCCNCCCF)ccnc1C1c2[nH]c3ccccc3c2C[C@@H](C)N1CC(F)(F)CO. The lowest BCUT2D eigenvalue weighted by atomic mass is 9.89. The number of pyridine rings is 1. The Kier molecular flexibility index (Phi) is 7.98. The van der Waals surface area contributed by atoms with Crippen LogP contribution in [0.25, 0.3) is 10.9 Å². The molecule has 190 valence electrons. The zero-order chi connectivity index (χ0) is 25.0. The molecule has 3 aromatic rings. The maximum Gasteiger partial charge on any atom is 0.283 e. The molecule has 3 N–H and O–H groups in total. The number of aromatic nitrogens is 2. The van der Waals surface area contributed by atoms with Crippen molar-refractivity contribution in [3.8, 4) is 5.75 Å². The average Bonchev–Trinajstić information content (AvgIpc) is 3.21. The van der Waals surface area contributed by atoms with E-state index in [0.29, 0.717) is 44.0 Å². The molecule has 35 heavy (non-hydrogen) atoms. The largest absolute Gasteiger partial charge is 0.492 e. The van der Waals surface area contributed by atoms with Crippen LogP contribution in [0.1, 0.15) is 41.9 Å². The molecular weight excluding hydrogens is 457 g/mol. The molecule has 6 nitrogen and oxygen atoms in total.